The van der Waals surface area contributed by atoms with Crippen LogP contribution >= 0.6 is 12.4 Å². The van der Waals surface area contributed by atoms with Crippen LogP contribution in [0, 0.1) is 11.7 Å². The van der Waals surface area contributed by atoms with E-state index in [1.807, 2.05) is 0 Å². The Balaban J connectivity index is 0.00000176. The predicted octanol–water partition coefficient (Wildman–Crippen LogP) is 3.12. The molecule has 1 atom stereocenters. The van der Waals surface area contributed by atoms with Crippen LogP contribution in [0.4, 0.5) is 10.1 Å². The zero-order chi connectivity index (χ0) is 14.7. The topological polar surface area (TPSA) is 50.4 Å². The second kappa shape index (κ2) is 7.79. The molecule has 0 spiro atoms. The van der Waals surface area contributed by atoms with Gasteiger partial charge in [0.05, 0.1) is 12.3 Å². The van der Waals surface area contributed by atoms with Crippen LogP contribution in [0.25, 0.3) is 0 Å². The van der Waals surface area contributed by atoms with Crippen LogP contribution in [-0.4, -0.2) is 25.1 Å². The Morgan fingerprint density at radius 2 is 2.18 bits per heavy atom. The molecule has 1 aromatic rings. The molecule has 4 nitrogen and oxygen atoms in total. The Kier molecular flexibility index (Phi) is 6.03. The molecule has 2 aliphatic rings. The molecule has 3 rings (SSSR count). The van der Waals surface area contributed by atoms with Crippen LogP contribution in [0.2, 0.25) is 0 Å². The minimum Gasteiger partial charge on any atom is -0.491 e. The highest BCUT2D eigenvalue weighted by molar-refractivity contribution is 5.92. The first kappa shape index (κ1) is 17.0. The fourth-order valence-electron chi connectivity index (χ4n) is 2.57. The van der Waals surface area contributed by atoms with Gasteiger partial charge in [0.2, 0.25) is 5.91 Å². The van der Waals surface area contributed by atoms with Gasteiger partial charge in [-0.05, 0) is 50.3 Å². The maximum Gasteiger partial charge on any atom is 0.226 e. The summed E-state index contributed by atoms with van der Waals surface area (Å²) in [6.45, 7) is 1.57. The van der Waals surface area contributed by atoms with Gasteiger partial charge in [-0.15, -0.1) is 12.4 Å². The van der Waals surface area contributed by atoms with Crippen molar-refractivity contribution >= 4 is 24.0 Å². The van der Waals surface area contributed by atoms with Gasteiger partial charge in [-0.25, -0.2) is 4.39 Å². The maximum absolute atomic E-state index is 13.3. The molecule has 0 bridgehead atoms. The molecule has 1 saturated heterocycles. The van der Waals surface area contributed by atoms with Crippen LogP contribution in [0.5, 0.6) is 5.75 Å². The monoisotopic (exact) mass is 328 g/mol. The summed E-state index contributed by atoms with van der Waals surface area (Å²) < 4.78 is 19.0. The molecule has 0 radical (unpaired) electrons. The Labute approximate surface area is 136 Å². The van der Waals surface area contributed by atoms with E-state index in [9.17, 15) is 9.18 Å². The number of hydrogen-bond donors (Lipinski definition) is 2. The first-order valence-corrected chi connectivity index (χ1v) is 7.66. The van der Waals surface area contributed by atoms with Gasteiger partial charge in [-0.1, -0.05) is 0 Å². The third-order valence-corrected chi connectivity index (χ3v) is 3.98. The van der Waals surface area contributed by atoms with Gasteiger partial charge in [0, 0.05) is 18.5 Å². The zero-order valence-corrected chi connectivity index (χ0v) is 13.3. The minimum absolute atomic E-state index is 0. The SMILES string of the molecule is Cl.O=C(CC1CCCN1)Nc1ccc(F)cc1OCC1CC1. The lowest BCUT2D eigenvalue weighted by molar-refractivity contribution is -0.116. The van der Waals surface area contributed by atoms with Crippen molar-refractivity contribution in [3.8, 4) is 5.75 Å². The van der Waals surface area contributed by atoms with E-state index in [-0.39, 0.29) is 30.2 Å². The summed E-state index contributed by atoms with van der Waals surface area (Å²) in [5, 5.41) is 6.13. The first-order valence-electron chi connectivity index (χ1n) is 7.66. The number of amides is 1. The van der Waals surface area contributed by atoms with Gasteiger partial charge in [0.1, 0.15) is 11.6 Å². The van der Waals surface area contributed by atoms with Crippen LogP contribution in [-0.2, 0) is 4.79 Å². The van der Waals surface area contributed by atoms with Crippen molar-refractivity contribution in [2.45, 2.75) is 38.1 Å². The lowest BCUT2D eigenvalue weighted by atomic mass is 10.1. The predicted molar refractivity (Wildman–Crippen MR) is 86.1 cm³/mol. The van der Waals surface area contributed by atoms with E-state index in [0.717, 1.165) is 19.4 Å². The molecule has 1 aliphatic carbocycles. The van der Waals surface area contributed by atoms with E-state index < -0.39 is 0 Å². The van der Waals surface area contributed by atoms with Crippen molar-refractivity contribution in [1.29, 1.82) is 0 Å². The average Bonchev–Trinajstić information content (AvgIpc) is 3.15. The second-order valence-electron chi connectivity index (χ2n) is 5.94. The second-order valence-corrected chi connectivity index (χ2v) is 5.94. The Hall–Kier alpha value is -1.33. The quantitative estimate of drug-likeness (QED) is 0.843. The number of ether oxygens (including phenoxy) is 1. The van der Waals surface area contributed by atoms with Crippen molar-refractivity contribution in [1.82, 2.24) is 5.32 Å². The summed E-state index contributed by atoms with van der Waals surface area (Å²) >= 11 is 0. The van der Waals surface area contributed by atoms with Crippen molar-refractivity contribution < 1.29 is 13.9 Å². The minimum atomic E-state index is -0.351. The van der Waals surface area contributed by atoms with E-state index in [1.165, 1.54) is 25.0 Å². The number of nitrogens with one attached hydrogen (secondary N) is 2. The highest BCUT2D eigenvalue weighted by atomic mass is 35.5. The Morgan fingerprint density at radius 3 is 2.86 bits per heavy atom. The largest absolute Gasteiger partial charge is 0.491 e. The third-order valence-electron chi connectivity index (χ3n) is 3.98. The summed E-state index contributed by atoms with van der Waals surface area (Å²) in [7, 11) is 0. The molecule has 0 aromatic heterocycles. The molecule has 1 amide bonds. The maximum atomic E-state index is 13.3. The molecular weight excluding hydrogens is 307 g/mol. The number of hydrogen-bond acceptors (Lipinski definition) is 3. The molecule has 2 N–H and O–H groups in total. The highest BCUT2D eigenvalue weighted by Gasteiger charge is 2.23. The zero-order valence-electron chi connectivity index (χ0n) is 12.4. The fourth-order valence-corrected chi connectivity index (χ4v) is 2.57. The van der Waals surface area contributed by atoms with E-state index in [1.54, 1.807) is 6.07 Å². The molecule has 2 fully saturated rings. The smallest absolute Gasteiger partial charge is 0.226 e. The standard InChI is InChI=1S/C16H21FN2O2.ClH/c17-12-5-6-14(15(8-12)21-10-11-3-4-11)19-16(20)9-13-2-1-7-18-13;/h5-6,8,11,13,18H,1-4,7,9-10H2,(H,19,20);1H. The summed E-state index contributed by atoms with van der Waals surface area (Å²) in [6, 6.07) is 4.50. The number of halogens is 2. The van der Waals surface area contributed by atoms with Crippen LogP contribution < -0.4 is 15.4 Å². The van der Waals surface area contributed by atoms with E-state index >= 15 is 0 Å². The summed E-state index contributed by atoms with van der Waals surface area (Å²) in [5.74, 6) is 0.600. The van der Waals surface area contributed by atoms with Gasteiger partial charge in [-0.3, -0.25) is 4.79 Å². The summed E-state index contributed by atoms with van der Waals surface area (Å²) in [4.78, 5) is 12.1. The molecule has 1 aliphatic heterocycles. The van der Waals surface area contributed by atoms with Gasteiger partial charge in [0.25, 0.3) is 0 Å². The first-order chi connectivity index (χ1) is 10.2. The molecule has 1 unspecified atom stereocenters. The normalized spacial score (nSPS) is 20.3. The average molecular weight is 329 g/mol. The highest BCUT2D eigenvalue weighted by Crippen LogP contribution is 2.32. The fraction of sp³-hybridized carbons (Fsp3) is 0.562. The molecule has 22 heavy (non-hydrogen) atoms. The van der Waals surface area contributed by atoms with Crippen LogP contribution in [0.15, 0.2) is 18.2 Å². The lowest BCUT2D eigenvalue weighted by Crippen LogP contribution is -2.27. The number of carbonyl (C=O) groups is 1. The molecule has 122 valence electrons. The van der Waals surface area contributed by atoms with E-state index in [0.29, 0.717) is 30.4 Å². The van der Waals surface area contributed by atoms with Crippen molar-refractivity contribution in [2.75, 3.05) is 18.5 Å². The Morgan fingerprint density at radius 1 is 1.36 bits per heavy atom. The van der Waals surface area contributed by atoms with Gasteiger partial charge >= 0.3 is 0 Å². The summed E-state index contributed by atoms with van der Waals surface area (Å²) in [5.41, 5.74) is 0.556. The van der Waals surface area contributed by atoms with Crippen LogP contribution in [0.1, 0.15) is 32.1 Å². The number of rotatable bonds is 6. The molecule has 1 saturated carbocycles. The third kappa shape index (κ3) is 4.85. The lowest BCUT2D eigenvalue weighted by Gasteiger charge is -2.14. The molecule has 6 heteroatoms. The number of anilines is 1. The molecule has 1 aromatic carbocycles. The number of benzene rings is 1. The van der Waals surface area contributed by atoms with E-state index in [2.05, 4.69) is 10.6 Å². The van der Waals surface area contributed by atoms with Gasteiger partial charge < -0.3 is 15.4 Å². The van der Waals surface area contributed by atoms with Gasteiger partial charge in [0.15, 0.2) is 0 Å². The van der Waals surface area contributed by atoms with Crippen LogP contribution in [0.3, 0.4) is 0 Å². The van der Waals surface area contributed by atoms with Crippen molar-refractivity contribution in [2.24, 2.45) is 5.92 Å². The summed E-state index contributed by atoms with van der Waals surface area (Å²) in [6.07, 6.45) is 4.93. The number of carbonyl (C=O) groups excluding carboxylic acids is 1. The molecular formula is C16H22ClFN2O2. The molecule has 1 heterocycles. The Bertz CT molecular complexity index is 517. The van der Waals surface area contributed by atoms with Crippen molar-refractivity contribution in [3.63, 3.8) is 0 Å². The van der Waals surface area contributed by atoms with Crippen molar-refractivity contribution in [3.05, 3.63) is 24.0 Å². The van der Waals surface area contributed by atoms with E-state index in [4.69, 9.17) is 4.74 Å². The van der Waals surface area contributed by atoms with Gasteiger partial charge in [-0.2, -0.15) is 0 Å².